The molecule has 15 atom stereocenters. The summed E-state index contributed by atoms with van der Waals surface area (Å²) in [5, 5.41) is 113. The minimum absolute atomic E-state index is 0.0207. The van der Waals surface area contributed by atoms with Crippen LogP contribution < -0.4 is 26.6 Å². The number of aliphatic hydroxyl groups excluding tert-OH is 6. The molecular formula is C77H128N14O34. The van der Waals surface area contributed by atoms with Gasteiger partial charge in [0.25, 0.3) is 0 Å². The number of rotatable bonds is 70. The maximum atomic E-state index is 14.2. The molecule has 0 unspecified atom stereocenters. The first-order valence-electron chi connectivity index (χ1n) is 42.4. The predicted molar refractivity (Wildman–Crippen MR) is 421 cm³/mol. The number of carboxylic acid groups (broad SMARTS) is 1. The number of carboxylic acids is 1. The van der Waals surface area contributed by atoms with Crippen LogP contribution in [0.3, 0.4) is 0 Å². The molecule has 12 N–H and O–H groups in total. The van der Waals surface area contributed by atoms with Gasteiger partial charge in [-0.3, -0.25) is 28.8 Å². The third-order valence-corrected chi connectivity index (χ3v) is 20.7. The molecule has 3 aromatic heterocycles. The molecule has 0 spiro atoms. The zero-order valence-corrected chi connectivity index (χ0v) is 71.4. The summed E-state index contributed by atoms with van der Waals surface area (Å²) in [6, 6.07) is -2.74. The number of hydrogen-bond donors (Lipinski definition) is 12. The van der Waals surface area contributed by atoms with Gasteiger partial charge < -0.3 is 162 Å². The van der Waals surface area contributed by atoms with Crippen molar-refractivity contribution in [1.29, 1.82) is 0 Å². The number of carbonyl (C=O) groups is 6. The van der Waals surface area contributed by atoms with Crippen LogP contribution in [0.4, 0.5) is 0 Å². The zero-order chi connectivity index (χ0) is 89.1. The van der Waals surface area contributed by atoms with E-state index in [9.17, 15) is 59.4 Å². The standard InChI is InChI=1S/C77H128N14O34/c1-53(92)79-62-65(99)68(102)75(50-120-71(62)123-75)47-114-35-32-111-29-26-108-23-20-105-17-14-89-38-56(83-86-89)41-117-44-74(82-60(96)11-7-5-9-13-78-59(95)10-6-4-8-12-61(97)98,45-118-42-57-39-90(87-84-57)15-18-106-21-24-109-27-30-112-33-36-115-48-76-51-121-72(124-76)63(80-54(2)93)66(100)69(76)103)46-119-43-58-40-91(88-85-58)16-19-107-22-25-110-28-31-113-34-37-116-49-77-52-122-73(125-77)64(81-55(3)94)67(101)70(77)104/h38-40,62-73,99-104H,4-37,41-52H2,1-3H3,(H,78,95)(H,79,92)(H,80,93)(H,81,94)(H,82,96)(H,97,98)/t62-,63-,64-,65-,66-,67-,68-,69-,70-,71+,72+,73+,75+,76+,77+/m1/s1. The van der Waals surface area contributed by atoms with Crippen molar-refractivity contribution in [3.63, 3.8) is 0 Å². The first-order chi connectivity index (χ1) is 60.5. The number of amides is 5. The average Bonchev–Trinajstić information content (AvgIpc) is 1.62. The SMILES string of the molecule is CC(=O)N[C@H]1[C@H]2OC[C@](COCCOCCOCCOCCn3cc(COCC(COCc4cn(CCOCCOCCOCCOC[C@@]56CO[C@@H](O5)[C@H](NC(C)=O)[C@@H](O)[C@H]6O)nn4)(COCc4cn(CCOCCOCCOCCOC[C@@]56CO[C@@H](O5)[C@H](NC(C)=O)[C@@H](O)[C@H]6O)nn4)NC(=O)CCCCCNC(=O)CCCCCC(=O)O)nn3)(O2)[C@H](O)[C@@H]1O. The number of hydrogen-bond acceptors (Lipinski definition) is 39. The van der Waals surface area contributed by atoms with E-state index in [4.69, 9.17) is 105 Å². The topological polar surface area (TPSA) is 590 Å². The number of fused-ring (bicyclic) bond motifs is 6. The van der Waals surface area contributed by atoms with Crippen LogP contribution in [0, 0.1) is 0 Å². The van der Waals surface area contributed by atoms with E-state index in [0.717, 1.165) is 0 Å². The lowest BCUT2D eigenvalue weighted by atomic mass is 9.88. The molecule has 6 aliphatic heterocycles. The van der Waals surface area contributed by atoms with Crippen LogP contribution in [-0.2, 0) is 168 Å². The highest BCUT2D eigenvalue weighted by Gasteiger charge is 2.62. The fourth-order valence-electron chi connectivity index (χ4n) is 14.2. The zero-order valence-electron chi connectivity index (χ0n) is 71.4. The van der Waals surface area contributed by atoms with Gasteiger partial charge in [0.05, 0.1) is 256 Å². The van der Waals surface area contributed by atoms with Crippen molar-refractivity contribution in [2.24, 2.45) is 0 Å². The van der Waals surface area contributed by atoms with Gasteiger partial charge in [0.2, 0.25) is 29.5 Å². The highest BCUT2D eigenvalue weighted by atomic mass is 16.8. The summed E-state index contributed by atoms with van der Waals surface area (Å²) in [4.78, 5) is 72.3. The highest BCUT2D eigenvalue weighted by molar-refractivity contribution is 5.77. The number of ether oxygens (including phenoxy) is 21. The van der Waals surface area contributed by atoms with Gasteiger partial charge in [-0.15, -0.1) is 15.3 Å². The van der Waals surface area contributed by atoms with Gasteiger partial charge in [0.15, 0.2) is 18.9 Å². The molecule has 48 heteroatoms. The van der Waals surface area contributed by atoms with Gasteiger partial charge in [0, 0.05) is 46.6 Å². The van der Waals surface area contributed by atoms with Crippen LogP contribution in [0.5, 0.6) is 0 Å². The van der Waals surface area contributed by atoms with Gasteiger partial charge in [-0.25, -0.2) is 14.0 Å². The van der Waals surface area contributed by atoms with E-state index in [1.807, 2.05) is 0 Å². The molecule has 0 radical (unpaired) electrons. The first kappa shape index (κ1) is 102. The van der Waals surface area contributed by atoms with E-state index in [0.29, 0.717) is 121 Å². The van der Waals surface area contributed by atoms with Crippen molar-refractivity contribution in [2.75, 3.05) is 205 Å². The van der Waals surface area contributed by atoms with Crippen molar-refractivity contribution in [3.05, 3.63) is 35.7 Å². The Kier molecular flexibility index (Phi) is 44.5. The van der Waals surface area contributed by atoms with Crippen LogP contribution in [-0.4, -0.2) is 417 Å². The lowest BCUT2D eigenvalue weighted by Gasteiger charge is -2.42. The van der Waals surface area contributed by atoms with Crippen molar-refractivity contribution >= 4 is 35.5 Å². The molecule has 9 heterocycles. The molecule has 9 rings (SSSR count). The summed E-state index contributed by atoms with van der Waals surface area (Å²) < 4.78 is 127. The van der Waals surface area contributed by atoms with Gasteiger partial charge >= 0.3 is 5.97 Å². The largest absolute Gasteiger partial charge is 0.481 e. The lowest BCUT2D eigenvalue weighted by Crippen LogP contribution is -2.66. The minimum Gasteiger partial charge on any atom is -0.481 e. The Morgan fingerprint density at radius 3 is 0.992 bits per heavy atom. The average molecular weight is 1790 g/mol. The van der Waals surface area contributed by atoms with E-state index < -0.39 is 120 Å². The number of nitrogens with zero attached hydrogens (tertiary/aromatic N) is 9. The first-order valence-corrected chi connectivity index (χ1v) is 42.4. The smallest absolute Gasteiger partial charge is 0.303 e. The summed E-state index contributed by atoms with van der Waals surface area (Å²) in [7, 11) is 0. The van der Waals surface area contributed by atoms with Crippen molar-refractivity contribution in [2.45, 2.75) is 214 Å². The minimum atomic E-state index is -1.35. The quantitative estimate of drug-likeness (QED) is 0.0234. The van der Waals surface area contributed by atoms with Gasteiger partial charge in [-0.05, 0) is 25.7 Å². The molecule has 6 bridgehead atoms. The van der Waals surface area contributed by atoms with E-state index in [1.54, 1.807) is 32.6 Å². The van der Waals surface area contributed by atoms with E-state index in [1.165, 1.54) is 20.8 Å². The number of unbranched alkanes of at least 4 members (excludes halogenated alkanes) is 4. The Labute approximate surface area is 722 Å². The van der Waals surface area contributed by atoms with E-state index in [2.05, 4.69) is 57.5 Å². The lowest BCUT2D eigenvalue weighted by molar-refractivity contribution is -0.238. The summed E-state index contributed by atoms with van der Waals surface area (Å²) in [6.45, 7) is 10.1. The Balaban J connectivity index is 0.699. The number of aliphatic carboxylic acids is 1. The van der Waals surface area contributed by atoms with Crippen molar-refractivity contribution in [3.8, 4) is 0 Å². The van der Waals surface area contributed by atoms with Crippen molar-refractivity contribution < 1.29 is 164 Å². The van der Waals surface area contributed by atoms with Gasteiger partial charge in [-0.1, -0.05) is 28.5 Å². The van der Waals surface area contributed by atoms with Gasteiger partial charge in [0.1, 0.15) is 94.2 Å². The maximum absolute atomic E-state index is 14.2. The normalized spacial score (nSPS) is 25.6. The second-order valence-corrected chi connectivity index (χ2v) is 31.1. The Morgan fingerprint density at radius 2 is 0.680 bits per heavy atom. The Bertz CT molecular complexity index is 3310. The highest BCUT2D eigenvalue weighted by Crippen LogP contribution is 2.40. The Morgan fingerprint density at radius 1 is 0.392 bits per heavy atom. The molecule has 710 valence electrons. The monoisotopic (exact) mass is 1790 g/mol. The fourth-order valence-corrected chi connectivity index (χ4v) is 14.2. The van der Waals surface area contributed by atoms with Crippen LogP contribution in [0.2, 0.25) is 0 Å². The number of carbonyl (C=O) groups excluding carboxylic acids is 5. The van der Waals surface area contributed by atoms with Gasteiger partial charge in [-0.2, -0.15) is 0 Å². The molecule has 48 nitrogen and oxygen atoms in total. The number of aliphatic hydroxyl groups is 6. The Hall–Kier alpha value is -6.84. The summed E-state index contributed by atoms with van der Waals surface area (Å²) in [5.74, 6) is -2.51. The molecule has 6 aliphatic rings. The van der Waals surface area contributed by atoms with E-state index in [-0.39, 0.29) is 209 Å². The van der Waals surface area contributed by atoms with Crippen molar-refractivity contribution in [1.82, 2.24) is 71.6 Å². The van der Waals surface area contributed by atoms with E-state index >= 15 is 0 Å². The second kappa shape index (κ2) is 54.6. The third kappa shape index (κ3) is 34.2. The predicted octanol–water partition coefficient (Wildman–Crippen LogP) is -5.77. The molecule has 125 heavy (non-hydrogen) atoms. The van der Waals surface area contributed by atoms with Crippen LogP contribution >= 0.6 is 0 Å². The molecule has 6 saturated heterocycles. The summed E-state index contributed by atoms with van der Waals surface area (Å²) in [6.07, 6.45) is -1.72. The molecular weight excluding hydrogens is 1660 g/mol. The van der Waals surface area contributed by atoms with Crippen LogP contribution in [0.1, 0.15) is 95.6 Å². The number of aromatic nitrogens is 9. The molecule has 0 saturated carbocycles. The van der Waals surface area contributed by atoms with Crippen LogP contribution in [0.15, 0.2) is 18.6 Å². The molecule has 5 amide bonds. The number of nitrogens with one attached hydrogen (secondary N) is 5. The molecule has 0 aliphatic carbocycles. The summed E-state index contributed by atoms with van der Waals surface area (Å²) in [5.41, 5.74) is -3.73. The fraction of sp³-hybridized carbons (Fsp3) is 0.844. The second-order valence-electron chi connectivity index (χ2n) is 31.1. The third-order valence-electron chi connectivity index (χ3n) is 20.7. The summed E-state index contributed by atoms with van der Waals surface area (Å²) >= 11 is 0. The maximum Gasteiger partial charge on any atom is 0.303 e. The molecule has 3 aromatic rings. The molecule has 6 fully saturated rings. The molecule has 0 aromatic carbocycles. The van der Waals surface area contributed by atoms with Crippen LogP contribution in [0.25, 0.3) is 0 Å².